The number of fused-ring (bicyclic) bond motifs is 1. The second kappa shape index (κ2) is 4.17. The van der Waals surface area contributed by atoms with Crippen LogP contribution in [0.2, 0.25) is 0 Å². The second-order valence-corrected chi connectivity index (χ2v) is 4.59. The Labute approximate surface area is 98.4 Å². The first kappa shape index (κ1) is 11.0. The fraction of sp³-hybridized carbons (Fsp3) is 0.273. The van der Waals surface area contributed by atoms with E-state index in [0.717, 1.165) is 16.4 Å². The van der Waals surface area contributed by atoms with Crippen molar-refractivity contribution in [1.82, 2.24) is 4.31 Å². The van der Waals surface area contributed by atoms with Crippen LogP contribution in [-0.2, 0) is 4.74 Å². The molecule has 0 spiro atoms. The molecule has 16 heavy (non-hydrogen) atoms. The maximum absolute atomic E-state index is 11.4. The van der Waals surface area contributed by atoms with Crippen LogP contribution in [0.4, 0.5) is 5.69 Å². The Morgan fingerprint density at radius 2 is 2.25 bits per heavy atom. The Morgan fingerprint density at radius 1 is 1.50 bits per heavy atom. The van der Waals surface area contributed by atoms with Crippen molar-refractivity contribution in [2.75, 3.05) is 14.2 Å². The molecule has 0 bridgehead atoms. The van der Waals surface area contributed by atoms with Gasteiger partial charge in [-0.3, -0.25) is 0 Å². The highest BCUT2D eigenvalue weighted by Gasteiger charge is 2.16. The van der Waals surface area contributed by atoms with Gasteiger partial charge in [0, 0.05) is 7.05 Å². The van der Waals surface area contributed by atoms with E-state index < -0.39 is 0 Å². The third-order valence-corrected chi connectivity index (χ3v) is 3.43. The lowest BCUT2D eigenvalue weighted by atomic mass is 10.2. The molecule has 4 nitrogen and oxygen atoms in total. The average molecular weight is 236 g/mol. The van der Waals surface area contributed by atoms with Gasteiger partial charge in [-0.05, 0) is 37.1 Å². The van der Waals surface area contributed by atoms with E-state index in [1.54, 1.807) is 24.1 Å². The molecule has 1 aliphatic rings. The van der Waals surface area contributed by atoms with Crippen molar-refractivity contribution >= 4 is 29.4 Å². The Morgan fingerprint density at radius 3 is 2.94 bits per heavy atom. The van der Waals surface area contributed by atoms with Crippen LogP contribution < -0.4 is 0 Å². The molecule has 0 atom stereocenters. The highest BCUT2D eigenvalue weighted by Crippen LogP contribution is 2.36. The summed E-state index contributed by atoms with van der Waals surface area (Å²) in [4.78, 5) is 16.8. The number of ether oxygens (including phenoxy) is 1. The molecule has 0 unspecified atom stereocenters. The number of carbonyl (C=O) groups is 1. The van der Waals surface area contributed by atoms with E-state index in [9.17, 15) is 4.79 Å². The number of amidine groups is 1. The molecule has 0 fully saturated rings. The quantitative estimate of drug-likeness (QED) is 0.555. The van der Waals surface area contributed by atoms with Crippen LogP contribution in [0.1, 0.15) is 17.3 Å². The molecule has 0 radical (unpaired) electrons. The Balaban J connectivity index is 2.42. The van der Waals surface area contributed by atoms with Crippen LogP contribution in [0, 0.1) is 0 Å². The number of carbonyl (C=O) groups excluding carboxylic acids is 1. The number of hydrogen-bond donors (Lipinski definition) is 0. The van der Waals surface area contributed by atoms with Crippen molar-refractivity contribution < 1.29 is 9.53 Å². The topological polar surface area (TPSA) is 41.9 Å². The molecular formula is C11H12N2O2S. The molecule has 0 N–H and O–H groups in total. The Hall–Kier alpha value is -1.49. The van der Waals surface area contributed by atoms with Crippen LogP contribution in [0.25, 0.3) is 0 Å². The number of nitrogens with zero attached hydrogens (tertiary/aromatic N) is 2. The van der Waals surface area contributed by atoms with E-state index in [2.05, 4.69) is 9.73 Å². The molecule has 5 heteroatoms. The standard InChI is InChI=1S/C11H12N2O2S/c1-7-12-9-6-8(11(14)15-3)4-5-10(9)16-13(7)2/h4-6H,1-3H3. The highest BCUT2D eigenvalue weighted by atomic mass is 32.2. The summed E-state index contributed by atoms with van der Waals surface area (Å²) in [5.74, 6) is 0.582. The van der Waals surface area contributed by atoms with Crippen LogP contribution in [-0.4, -0.2) is 30.3 Å². The van der Waals surface area contributed by atoms with Crippen molar-refractivity contribution in [1.29, 1.82) is 0 Å². The highest BCUT2D eigenvalue weighted by molar-refractivity contribution is 7.97. The lowest BCUT2D eigenvalue weighted by molar-refractivity contribution is 0.0600. The SMILES string of the molecule is COC(=O)c1ccc2c(c1)N=C(C)N(C)S2. The maximum Gasteiger partial charge on any atom is 0.337 e. The van der Waals surface area contributed by atoms with Gasteiger partial charge in [0.25, 0.3) is 0 Å². The van der Waals surface area contributed by atoms with Crippen LogP contribution in [0.3, 0.4) is 0 Å². The van der Waals surface area contributed by atoms with E-state index in [4.69, 9.17) is 0 Å². The summed E-state index contributed by atoms with van der Waals surface area (Å²) in [7, 11) is 3.33. The number of methoxy groups -OCH3 is 1. The predicted octanol–water partition coefficient (Wildman–Crippen LogP) is 2.48. The molecule has 0 amide bonds. The van der Waals surface area contributed by atoms with Gasteiger partial charge in [-0.2, -0.15) is 0 Å². The van der Waals surface area contributed by atoms with E-state index in [-0.39, 0.29) is 5.97 Å². The van der Waals surface area contributed by atoms with E-state index in [1.165, 1.54) is 7.11 Å². The van der Waals surface area contributed by atoms with Crippen molar-refractivity contribution in [2.24, 2.45) is 4.99 Å². The maximum atomic E-state index is 11.4. The van der Waals surface area contributed by atoms with E-state index in [0.29, 0.717) is 5.56 Å². The molecule has 2 rings (SSSR count). The monoisotopic (exact) mass is 236 g/mol. The largest absolute Gasteiger partial charge is 0.465 e. The third-order valence-electron chi connectivity index (χ3n) is 2.35. The summed E-state index contributed by atoms with van der Waals surface area (Å²) in [5, 5.41) is 0. The van der Waals surface area contributed by atoms with Gasteiger partial charge in [0.05, 0.1) is 23.3 Å². The summed E-state index contributed by atoms with van der Waals surface area (Å²) >= 11 is 1.60. The van der Waals surface area contributed by atoms with Gasteiger partial charge in [0.2, 0.25) is 0 Å². The Bertz CT molecular complexity index is 471. The molecule has 1 aliphatic heterocycles. The van der Waals surface area contributed by atoms with Crippen LogP contribution in [0.15, 0.2) is 28.1 Å². The van der Waals surface area contributed by atoms with Gasteiger partial charge in [-0.25, -0.2) is 9.79 Å². The fourth-order valence-corrected chi connectivity index (χ4v) is 2.18. The normalized spacial score (nSPS) is 14.2. The number of aliphatic imine (C=N–C) groups is 1. The summed E-state index contributed by atoms with van der Waals surface area (Å²) in [6, 6.07) is 5.39. The first-order valence-electron chi connectivity index (χ1n) is 4.81. The molecule has 0 aromatic heterocycles. The zero-order valence-electron chi connectivity index (χ0n) is 9.35. The lowest BCUT2D eigenvalue weighted by Gasteiger charge is -2.23. The average Bonchev–Trinajstić information content (AvgIpc) is 2.29. The fourth-order valence-electron chi connectivity index (χ4n) is 1.39. The van der Waals surface area contributed by atoms with Gasteiger partial charge in [0.1, 0.15) is 5.84 Å². The predicted molar refractivity (Wildman–Crippen MR) is 64.2 cm³/mol. The minimum atomic E-state index is -0.334. The molecular weight excluding hydrogens is 224 g/mol. The van der Waals surface area contributed by atoms with Gasteiger partial charge in [-0.1, -0.05) is 0 Å². The summed E-state index contributed by atoms with van der Waals surface area (Å²) in [5.41, 5.74) is 1.35. The van der Waals surface area contributed by atoms with Gasteiger partial charge in [0.15, 0.2) is 0 Å². The lowest BCUT2D eigenvalue weighted by Crippen LogP contribution is -2.18. The summed E-state index contributed by atoms with van der Waals surface area (Å²) in [6.45, 7) is 1.93. The summed E-state index contributed by atoms with van der Waals surface area (Å²) in [6.07, 6.45) is 0. The van der Waals surface area contributed by atoms with Crippen molar-refractivity contribution in [3.05, 3.63) is 23.8 Å². The van der Waals surface area contributed by atoms with Crippen molar-refractivity contribution in [2.45, 2.75) is 11.8 Å². The zero-order valence-corrected chi connectivity index (χ0v) is 10.2. The smallest absolute Gasteiger partial charge is 0.337 e. The van der Waals surface area contributed by atoms with Crippen LogP contribution in [0.5, 0.6) is 0 Å². The molecule has 84 valence electrons. The van der Waals surface area contributed by atoms with Gasteiger partial charge in [-0.15, -0.1) is 0 Å². The molecule has 0 aliphatic carbocycles. The second-order valence-electron chi connectivity index (χ2n) is 3.42. The van der Waals surface area contributed by atoms with Gasteiger partial charge >= 0.3 is 5.97 Å². The van der Waals surface area contributed by atoms with E-state index in [1.807, 2.05) is 24.3 Å². The zero-order chi connectivity index (χ0) is 11.7. The number of benzene rings is 1. The molecule has 1 aromatic rings. The number of rotatable bonds is 1. The summed E-state index contributed by atoms with van der Waals surface area (Å²) < 4.78 is 6.66. The molecule has 0 saturated heterocycles. The minimum absolute atomic E-state index is 0.334. The minimum Gasteiger partial charge on any atom is -0.465 e. The van der Waals surface area contributed by atoms with Crippen LogP contribution >= 0.6 is 11.9 Å². The van der Waals surface area contributed by atoms with E-state index >= 15 is 0 Å². The first-order valence-corrected chi connectivity index (χ1v) is 5.58. The van der Waals surface area contributed by atoms with Crippen molar-refractivity contribution in [3.8, 4) is 0 Å². The van der Waals surface area contributed by atoms with Crippen molar-refractivity contribution in [3.63, 3.8) is 0 Å². The molecule has 1 aromatic carbocycles. The van der Waals surface area contributed by atoms with Gasteiger partial charge < -0.3 is 9.04 Å². The number of esters is 1. The number of hydrogen-bond acceptors (Lipinski definition) is 5. The first-order chi connectivity index (χ1) is 7.61. The molecule has 1 heterocycles. The Kier molecular flexibility index (Phi) is 2.87. The third kappa shape index (κ3) is 1.90. The molecule has 0 saturated carbocycles.